The van der Waals surface area contributed by atoms with Crippen molar-refractivity contribution in [3.8, 4) is 0 Å². The number of hydrogen-bond donors (Lipinski definition) is 1. The molecule has 3 unspecified atom stereocenters. The first-order valence-corrected chi connectivity index (χ1v) is 6.52. The van der Waals surface area contributed by atoms with Crippen molar-refractivity contribution in [2.24, 2.45) is 5.73 Å². The number of rotatable bonds is 4. The van der Waals surface area contributed by atoms with E-state index >= 15 is 0 Å². The maximum Gasteiger partial charge on any atom is 0.0577 e. The zero-order valence-electron chi connectivity index (χ0n) is 8.94. The SMILES string of the molecule is CC(N)CC(C)S(=O)c1ccccc1Cl. The molecule has 3 atom stereocenters. The van der Waals surface area contributed by atoms with E-state index in [1.54, 1.807) is 12.1 Å². The lowest BCUT2D eigenvalue weighted by atomic mass is 10.2. The molecule has 2 nitrogen and oxygen atoms in total. The van der Waals surface area contributed by atoms with Gasteiger partial charge in [0.15, 0.2) is 0 Å². The van der Waals surface area contributed by atoms with E-state index in [0.29, 0.717) is 9.92 Å². The molecule has 1 aromatic rings. The molecule has 0 aliphatic rings. The van der Waals surface area contributed by atoms with Crippen molar-refractivity contribution in [1.82, 2.24) is 0 Å². The van der Waals surface area contributed by atoms with Gasteiger partial charge < -0.3 is 5.73 Å². The van der Waals surface area contributed by atoms with Crippen molar-refractivity contribution in [3.63, 3.8) is 0 Å². The van der Waals surface area contributed by atoms with Crippen LogP contribution in [0.1, 0.15) is 20.3 Å². The highest BCUT2D eigenvalue weighted by molar-refractivity contribution is 7.85. The molecule has 0 aliphatic carbocycles. The van der Waals surface area contributed by atoms with Crippen molar-refractivity contribution in [3.05, 3.63) is 29.3 Å². The zero-order chi connectivity index (χ0) is 11.4. The molecule has 1 aromatic carbocycles. The second kappa shape index (κ2) is 5.64. The van der Waals surface area contributed by atoms with E-state index in [9.17, 15) is 4.21 Å². The molecule has 4 heteroatoms. The van der Waals surface area contributed by atoms with Gasteiger partial charge in [0.1, 0.15) is 0 Å². The van der Waals surface area contributed by atoms with Crippen LogP contribution in [0.2, 0.25) is 5.02 Å². The van der Waals surface area contributed by atoms with Gasteiger partial charge in [-0.1, -0.05) is 30.7 Å². The second-order valence-electron chi connectivity index (χ2n) is 3.75. The maximum absolute atomic E-state index is 12.1. The van der Waals surface area contributed by atoms with E-state index in [0.717, 1.165) is 6.42 Å². The first-order valence-electron chi connectivity index (χ1n) is 4.93. The van der Waals surface area contributed by atoms with E-state index < -0.39 is 10.8 Å². The minimum absolute atomic E-state index is 0.0323. The average Bonchev–Trinajstić information content (AvgIpc) is 2.16. The van der Waals surface area contributed by atoms with Crippen LogP contribution in [-0.4, -0.2) is 15.5 Å². The molecule has 84 valence electrons. The molecule has 0 aromatic heterocycles. The Morgan fingerprint density at radius 3 is 2.53 bits per heavy atom. The summed E-state index contributed by atoms with van der Waals surface area (Å²) < 4.78 is 12.1. The van der Waals surface area contributed by atoms with Crippen LogP contribution in [0.4, 0.5) is 0 Å². The molecule has 15 heavy (non-hydrogen) atoms. The molecule has 2 N–H and O–H groups in total. The number of halogens is 1. The minimum atomic E-state index is -1.07. The fourth-order valence-corrected chi connectivity index (χ4v) is 3.18. The predicted octanol–water partition coefficient (Wildman–Crippen LogP) is 2.57. The van der Waals surface area contributed by atoms with Gasteiger partial charge in [0.25, 0.3) is 0 Å². The Bertz CT molecular complexity index is 354. The van der Waals surface area contributed by atoms with Gasteiger partial charge in [0.2, 0.25) is 0 Å². The highest BCUT2D eigenvalue weighted by Gasteiger charge is 2.16. The molecule has 1 rings (SSSR count). The summed E-state index contributed by atoms with van der Waals surface area (Å²) in [4.78, 5) is 0.701. The van der Waals surface area contributed by atoms with Gasteiger partial charge in [0, 0.05) is 11.3 Å². The summed E-state index contributed by atoms with van der Waals surface area (Å²) in [6.45, 7) is 3.85. The fraction of sp³-hybridized carbons (Fsp3) is 0.455. The van der Waals surface area contributed by atoms with Gasteiger partial charge in [-0.05, 0) is 25.5 Å². The van der Waals surface area contributed by atoms with E-state index in [4.69, 9.17) is 17.3 Å². The first kappa shape index (κ1) is 12.7. The highest BCUT2D eigenvalue weighted by atomic mass is 35.5. The summed E-state index contributed by atoms with van der Waals surface area (Å²) in [5.41, 5.74) is 5.68. The van der Waals surface area contributed by atoms with Crippen LogP contribution in [0, 0.1) is 0 Å². The van der Waals surface area contributed by atoms with Crippen LogP contribution >= 0.6 is 11.6 Å². The predicted molar refractivity (Wildman–Crippen MR) is 65.6 cm³/mol. The monoisotopic (exact) mass is 245 g/mol. The molecule has 0 radical (unpaired) electrons. The van der Waals surface area contributed by atoms with Gasteiger partial charge in [-0.2, -0.15) is 0 Å². The van der Waals surface area contributed by atoms with Crippen LogP contribution in [-0.2, 0) is 10.8 Å². The van der Waals surface area contributed by atoms with E-state index in [1.807, 2.05) is 26.0 Å². The normalized spacial score (nSPS) is 17.1. The second-order valence-corrected chi connectivity index (χ2v) is 6.00. The quantitative estimate of drug-likeness (QED) is 0.886. The Balaban J connectivity index is 2.81. The topological polar surface area (TPSA) is 43.1 Å². The third kappa shape index (κ3) is 3.59. The smallest absolute Gasteiger partial charge is 0.0577 e. The van der Waals surface area contributed by atoms with E-state index in [1.165, 1.54) is 0 Å². The minimum Gasteiger partial charge on any atom is -0.328 e. The Kier molecular flexibility index (Phi) is 4.77. The van der Waals surface area contributed by atoms with E-state index in [-0.39, 0.29) is 11.3 Å². The van der Waals surface area contributed by atoms with Crippen LogP contribution in [0.3, 0.4) is 0 Å². The molecule has 0 saturated carbocycles. The van der Waals surface area contributed by atoms with Gasteiger partial charge in [0.05, 0.1) is 20.7 Å². The Morgan fingerprint density at radius 2 is 2.00 bits per heavy atom. The van der Waals surface area contributed by atoms with E-state index in [2.05, 4.69) is 0 Å². The maximum atomic E-state index is 12.1. The fourth-order valence-electron chi connectivity index (χ4n) is 1.44. The molecular formula is C11H16ClNOS. The highest BCUT2D eigenvalue weighted by Crippen LogP contribution is 2.22. The molecule has 0 heterocycles. The van der Waals surface area contributed by atoms with Crippen molar-refractivity contribution >= 4 is 22.4 Å². The van der Waals surface area contributed by atoms with Gasteiger partial charge in [-0.3, -0.25) is 4.21 Å². The molecule has 0 saturated heterocycles. The largest absolute Gasteiger partial charge is 0.328 e. The third-order valence-electron chi connectivity index (χ3n) is 2.12. The summed E-state index contributed by atoms with van der Waals surface area (Å²) in [6.07, 6.45) is 0.734. The van der Waals surface area contributed by atoms with Crippen LogP contribution in [0.25, 0.3) is 0 Å². The Morgan fingerprint density at radius 1 is 1.40 bits per heavy atom. The van der Waals surface area contributed by atoms with Crippen molar-refractivity contribution < 1.29 is 4.21 Å². The first-order chi connectivity index (χ1) is 7.02. The summed E-state index contributed by atoms with van der Waals surface area (Å²) in [5, 5.41) is 0.595. The Labute approximate surface area is 98.3 Å². The van der Waals surface area contributed by atoms with Crippen molar-refractivity contribution in [2.75, 3.05) is 0 Å². The van der Waals surface area contributed by atoms with Gasteiger partial charge in [-0.15, -0.1) is 0 Å². The van der Waals surface area contributed by atoms with Crippen LogP contribution in [0.15, 0.2) is 29.2 Å². The lowest BCUT2D eigenvalue weighted by molar-refractivity contribution is 0.628. The summed E-state index contributed by atoms with van der Waals surface area (Å²) in [5.74, 6) is 0. The average molecular weight is 246 g/mol. The summed E-state index contributed by atoms with van der Waals surface area (Å²) >= 11 is 5.98. The molecule has 0 bridgehead atoms. The standard InChI is InChI=1S/C11H16ClNOS/c1-8(13)7-9(2)15(14)11-6-4-3-5-10(11)12/h3-6,8-9H,7,13H2,1-2H3. The molecular weight excluding hydrogens is 230 g/mol. The third-order valence-corrected chi connectivity index (χ3v) is 4.28. The number of benzene rings is 1. The van der Waals surface area contributed by atoms with Crippen LogP contribution in [0.5, 0.6) is 0 Å². The number of hydrogen-bond acceptors (Lipinski definition) is 2. The lowest BCUT2D eigenvalue weighted by Gasteiger charge is -2.14. The zero-order valence-corrected chi connectivity index (χ0v) is 10.5. The Hall–Kier alpha value is -0.380. The molecule has 0 fully saturated rings. The summed E-state index contributed by atoms with van der Waals surface area (Å²) in [6, 6.07) is 7.30. The number of nitrogens with two attached hydrogens (primary N) is 1. The molecule has 0 amide bonds. The lowest BCUT2D eigenvalue weighted by Crippen LogP contribution is -2.24. The van der Waals surface area contributed by atoms with Gasteiger partial charge in [-0.25, -0.2) is 0 Å². The molecule has 0 spiro atoms. The summed E-state index contributed by atoms with van der Waals surface area (Å²) in [7, 11) is -1.07. The molecule has 0 aliphatic heterocycles. The van der Waals surface area contributed by atoms with Crippen LogP contribution < -0.4 is 5.73 Å². The van der Waals surface area contributed by atoms with Crippen molar-refractivity contribution in [2.45, 2.75) is 36.5 Å². The van der Waals surface area contributed by atoms with Crippen molar-refractivity contribution in [1.29, 1.82) is 0 Å². The van der Waals surface area contributed by atoms with Gasteiger partial charge >= 0.3 is 0 Å².